The fraction of sp³-hybridized carbons (Fsp3) is 0.208. The van der Waals surface area contributed by atoms with Crippen molar-refractivity contribution in [2.75, 3.05) is 21.3 Å². The van der Waals surface area contributed by atoms with Gasteiger partial charge in [-0.15, -0.1) is 0 Å². The third kappa shape index (κ3) is 3.69. The molecule has 29 heavy (non-hydrogen) atoms. The molecule has 0 N–H and O–H groups in total. The van der Waals surface area contributed by atoms with Gasteiger partial charge in [-0.1, -0.05) is 42.5 Å². The number of para-hydroxylation sites is 1. The summed E-state index contributed by atoms with van der Waals surface area (Å²) < 4.78 is 16.4. The lowest BCUT2D eigenvalue weighted by atomic mass is 10.0. The molecule has 0 radical (unpaired) electrons. The number of methoxy groups -OCH3 is 2. The van der Waals surface area contributed by atoms with E-state index in [0.29, 0.717) is 24.4 Å². The SMILES string of the molecule is COc1cccc(CN(C)Cc2cc(=O)oc3ccc4ccccc4c23)c1OC. The van der Waals surface area contributed by atoms with E-state index in [2.05, 4.69) is 17.0 Å². The fourth-order valence-corrected chi connectivity index (χ4v) is 3.86. The van der Waals surface area contributed by atoms with E-state index in [1.54, 1.807) is 20.3 Å². The Morgan fingerprint density at radius 2 is 1.69 bits per heavy atom. The van der Waals surface area contributed by atoms with Gasteiger partial charge in [0.25, 0.3) is 0 Å². The van der Waals surface area contributed by atoms with Crippen LogP contribution in [0.3, 0.4) is 0 Å². The lowest BCUT2D eigenvalue weighted by molar-refractivity contribution is 0.303. The number of hydrogen-bond donors (Lipinski definition) is 0. The van der Waals surface area contributed by atoms with Crippen molar-refractivity contribution in [3.05, 3.63) is 82.2 Å². The highest BCUT2D eigenvalue weighted by molar-refractivity contribution is 6.07. The molecule has 0 saturated carbocycles. The van der Waals surface area contributed by atoms with Gasteiger partial charge in [0.2, 0.25) is 0 Å². The first-order valence-electron chi connectivity index (χ1n) is 9.43. The quantitative estimate of drug-likeness (QED) is 0.356. The van der Waals surface area contributed by atoms with Crippen LogP contribution in [0, 0.1) is 0 Å². The number of hydrogen-bond acceptors (Lipinski definition) is 5. The molecule has 0 aliphatic rings. The summed E-state index contributed by atoms with van der Waals surface area (Å²) in [5, 5.41) is 3.18. The molecule has 0 spiro atoms. The third-order valence-electron chi connectivity index (χ3n) is 5.08. The topological polar surface area (TPSA) is 51.9 Å². The highest BCUT2D eigenvalue weighted by Crippen LogP contribution is 2.32. The van der Waals surface area contributed by atoms with Crippen molar-refractivity contribution in [2.24, 2.45) is 0 Å². The van der Waals surface area contributed by atoms with Gasteiger partial charge in [0.15, 0.2) is 11.5 Å². The Balaban J connectivity index is 1.73. The Bertz CT molecular complexity index is 1230. The van der Waals surface area contributed by atoms with Crippen LogP contribution >= 0.6 is 0 Å². The van der Waals surface area contributed by atoms with E-state index in [1.165, 1.54) is 0 Å². The summed E-state index contributed by atoms with van der Waals surface area (Å²) in [4.78, 5) is 14.3. The van der Waals surface area contributed by atoms with E-state index < -0.39 is 0 Å². The number of fused-ring (bicyclic) bond motifs is 3. The fourth-order valence-electron chi connectivity index (χ4n) is 3.86. The van der Waals surface area contributed by atoms with Crippen LogP contribution in [0.5, 0.6) is 11.5 Å². The normalized spacial score (nSPS) is 11.3. The molecule has 4 rings (SSSR count). The van der Waals surface area contributed by atoms with Crippen molar-refractivity contribution in [1.29, 1.82) is 0 Å². The van der Waals surface area contributed by atoms with Crippen LogP contribution in [0.4, 0.5) is 0 Å². The molecule has 1 heterocycles. The minimum Gasteiger partial charge on any atom is -0.493 e. The Morgan fingerprint density at radius 1 is 0.897 bits per heavy atom. The van der Waals surface area contributed by atoms with E-state index in [9.17, 15) is 4.79 Å². The predicted molar refractivity (Wildman–Crippen MR) is 115 cm³/mol. The standard InChI is InChI=1S/C24H23NO4/c1-25(14-17-8-6-10-21(27-2)24(17)28-3)15-18-13-22(26)29-20-12-11-16-7-4-5-9-19(16)23(18)20/h4-13H,14-15H2,1-3H3. The molecule has 0 amide bonds. The van der Waals surface area contributed by atoms with E-state index in [1.807, 2.05) is 49.5 Å². The maximum atomic E-state index is 12.1. The van der Waals surface area contributed by atoms with Crippen LogP contribution < -0.4 is 15.1 Å². The maximum Gasteiger partial charge on any atom is 0.336 e. The van der Waals surface area contributed by atoms with E-state index in [4.69, 9.17) is 13.9 Å². The first-order valence-corrected chi connectivity index (χ1v) is 9.43. The lowest BCUT2D eigenvalue weighted by Gasteiger charge is -2.20. The summed E-state index contributed by atoms with van der Waals surface area (Å²) in [5.41, 5.74) is 2.23. The number of rotatable bonds is 6. The highest BCUT2D eigenvalue weighted by atomic mass is 16.5. The van der Waals surface area contributed by atoms with Crippen LogP contribution in [0.1, 0.15) is 11.1 Å². The van der Waals surface area contributed by atoms with Crippen molar-refractivity contribution in [3.63, 3.8) is 0 Å². The predicted octanol–water partition coefficient (Wildman–Crippen LogP) is 4.60. The zero-order chi connectivity index (χ0) is 20.4. The Morgan fingerprint density at radius 3 is 2.48 bits per heavy atom. The summed E-state index contributed by atoms with van der Waals surface area (Å²) in [5.74, 6) is 1.43. The Labute approximate surface area is 169 Å². The van der Waals surface area contributed by atoms with Gasteiger partial charge in [0, 0.05) is 30.1 Å². The van der Waals surface area contributed by atoms with Gasteiger partial charge >= 0.3 is 5.63 Å². The largest absolute Gasteiger partial charge is 0.493 e. The second-order valence-electron chi connectivity index (χ2n) is 7.08. The zero-order valence-corrected chi connectivity index (χ0v) is 16.8. The molecular weight excluding hydrogens is 366 g/mol. The van der Waals surface area contributed by atoms with Gasteiger partial charge in [-0.2, -0.15) is 0 Å². The average molecular weight is 389 g/mol. The minimum absolute atomic E-state index is 0.338. The minimum atomic E-state index is -0.338. The van der Waals surface area contributed by atoms with E-state index >= 15 is 0 Å². The highest BCUT2D eigenvalue weighted by Gasteiger charge is 2.14. The molecule has 5 nitrogen and oxygen atoms in total. The summed E-state index contributed by atoms with van der Waals surface area (Å²) in [7, 11) is 5.29. The van der Waals surface area contributed by atoms with Crippen molar-refractivity contribution in [1.82, 2.24) is 4.90 Å². The van der Waals surface area contributed by atoms with Gasteiger partial charge in [0.05, 0.1) is 14.2 Å². The van der Waals surface area contributed by atoms with Gasteiger partial charge in [-0.3, -0.25) is 4.90 Å². The Kier molecular flexibility index (Phi) is 5.23. The molecule has 0 saturated heterocycles. The van der Waals surface area contributed by atoms with E-state index in [-0.39, 0.29) is 5.63 Å². The van der Waals surface area contributed by atoms with Gasteiger partial charge in [-0.05, 0) is 35.5 Å². The molecule has 0 fully saturated rings. The first-order chi connectivity index (χ1) is 14.1. The monoisotopic (exact) mass is 389 g/mol. The summed E-state index contributed by atoms with van der Waals surface area (Å²) >= 11 is 0. The molecule has 3 aromatic carbocycles. The molecule has 5 heteroatoms. The molecule has 4 aromatic rings. The number of nitrogens with zero attached hydrogens (tertiary/aromatic N) is 1. The van der Waals surface area contributed by atoms with Gasteiger partial charge < -0.3 is 13.9 Å². The van der Waals surface area contributed by atoms with Crippen LogP contribution in [-0.2, 0) is 13.1 Å². The van der Waals surface area contributed by atoms with Crippen LogP contribution in [0.25, 0.3) is 21.7 Å². The van der Waals surface area contributed by atoms with Crippen LogP contribution in [0.15, 0.2) is 69.9 Å². The molecular formula is C24H23NO4. The van der Waals surface area contributed by atoms with Gasteiger partial charge in [-0.25, -0.2) is 4.79 Å². The molecule has 0 aliphatic carbocycles. The maximum absolute atomic E-state index is 12.1. The van der Waals surface area contributed by atoms with Crippen molar-refractivity contribution >= 4 is 21.7 Å². The molecule has 0 bridgehead atoms. The number of benzene rings is 3. The van der Waals surface area contributed by atoms with E-state index in [0.717, 1.165) is 33.0 Å². The second kappa shape index (κ2) is 7.97. The summed E-state index contributed by atoms with van der Waals surface area (Å²) in [6.07, 6.45) is 0. The lowest BCUT2D eigenvalue weighted by Crippen LogP contribution is -2.19. The summed E-state index contributed by atoms with van der Waals surface area (Å²) in [6, 6.07) is 19.4. The molecule has 148 valence electrons. The van der Waals surface area contributed by atoms with Crippen molar-refractivity contribution < 1.29 is 13.9 Å². The smallest absolute Gasteiger partial charge is 0.336 e. The first kappa shape index (κ1) is 19.0. The third-order valence-corrected chi connectivity index (χ3v) is 5.08. The van der Waals surface area contributed by atoms with Crippen LogP contribution in [-0.4, -0.2) is 26.2 Å². The van der Waals surface area contributed by atoms with Gasteiger partial charge in [0.1, 0.15) is 5.58 Å². The summed E-state index contributed by atoms with van der Waals surface area (Å²) in [6.45, 7) is 1.24. The van der Waals surface area contributed by atoms with Crippen molar-refractivity contribution in [3.8, 4) is 11.5 Å². The molecule has 0 unspecified atom stereocenters. The second-order valence-corrected chi connectivity index (χ2v) is 7.08. The molecule has 1 aromatic heterocycles. The number of ether oxygens (including phenoxy) is 2. The van der Waals surface area contributed by atoms with Crippen molar-refractivity contribution in [2.45, 2.75) is 13.1 Å². The zero-order valence-electron chi connectivity index (χ0n) is 16.8. The molecule has 0 atom stereocenters. The Hall–Kier alpha value is -3.31. The average Bonchev–Trinajstić information content (AvgIpc) is 2.72. The van der Waals surface area contributed by atoms with Crippen LogP contribution in [0.2, 0.25) is 0 Å². The molecule has 0 aliphatic heterocycles.